The van der Waals surface area contributed by atoms with E-state index in [0.717, 1.165) is 24.0 Å². The van der Waals surface area contributed by atoms with Gasteiger partial charge in [-0.05, 0) is 48.6 Å². The highest BCUT2D eigenvalue weighted by atomic mass is 19.1. The van der Waals surface area contributed by atoms with Crippen LogP contribution in [0.5, 0.6) is 5.75 Å². The number of halogens is 1. The molecule has 0 amide bonds. The highest BCUT2D eigenvalue weighted by Gasteiger charge is 2.22. The number of hydrogen-bond acceptors (Lipinski definition) is 5. The molecule has 2 aromatic rings. The van der Waals surface area contributed by atoms with Gasteiger partial charge in [0.1, 0.15) is 11.6 Å². The molecular weight excluding hydrogens is 299 g/mol. The summed E-state index contributed by atoms with van der Waals surface area (Å²) in [4.78, 5) is 19.9. The highest BCUT2D eigenvalue weighted by Crippen LogP contribution is 2.41. The highest BCUT2D eigenvalue weighted by molar-refractivity contribution is 5.94. The van der Waals surface area contributed by atoms with Crippen LogP contribution in [-0.4, -0.2) is 28.2 Å². The zero-order valence-electron chi connectivity index (χ0n) is 12.5. The third kappa shape index (κ3) is 2.92. The molecule has 118 valence electrons. The lowest BCUT2D eigenvalue weighted by atomic mass is 9.99. The van der Waals surface area contributed by atoms with E-state index in [-0.39, 0.29) is 11.4 Å². The number of allylic oxidation sites excluding steroid dienone is 2. The molecule has 0 bridgehead atoms. The molecule has 0 saturated heterocycles. The molecule has 0 saturated carbocycles. The van der Waals surface area contributed by atoms with E-state index in [1.807, 2.05) is 0 Å². The van der Waals surface area contributed by atoms with Gasteiger partial charge in [-0.2, -0.15) is 0 Å². The summed E-state index contributed by atoms with van der Waals surface area (Å²) in [5, 5.41) is 10.0. The maximum atomic E-state index is 13.5. The van der Waals surface area contributed by atoms with Crippen LogP contribution in [0.2, 0.25) is 0 Å². The van der Waals surface area contributed by atoms with E-state index < -0.39 is 11.8 Å². The van der Waals surface area contributed by atoms with E-state index in [1.165, 1.54) is 31.5 Å². The number of phenolic OH excluding ortho intramolecular Hbond substituents is 1. The fraction of sp³-hybridized carbons (Fsp3) is 0.235. The molecule has 1 aromatic heterocycles. The van der Waals surface area contributed by atoms with Gasteiger partial charge in [-0.1, -0.05) is 0 Å². The Morgan fingerprint density at radius 3 is 2.83 bits per heavy atom. The number of methoxy groups -OCH3 is 1. The van der Waals surface area contributed by atoms with Gasteiger partial charge in [0.05, 0.1) is 25.2 Å². The molecule has 0 spiro atoms. The molecule has 0 unspecified atom stereocenters. The van der Waals surface area contributed by atoms with Crippen LogP contribution in [0, 0.1) is 5.82 Å². The lowest BCUT2D eigenvalue weighted by Crippen LogP contribution is -2.06. The first kappa shape index (κ1) is 15.1. The molecular formula is C17H15FN2O3. The maximum absolute atomic E-state index is 13.5. The van der Waals surface area contributed by atoms with Crippen molar-refractivity contribution in [1.29, 1.82) is 0 Å². The molecule has 1 N–H and O–H groups in total. The maximum Gasteiger partial charge on any atom is 0.358 e. The molecule has 0 radical (unpaired) electrons. The van der Waals surface area contributed by atoms with Crippen molar-refractivity contribution in [2.24, 2.45) is 0 Å². The second-order valence-electron chi connectivity index (χ2n) is 5.25. The summed E-state index contributed by atoms with van der Waals surface area (Å²) in [6.07, 6.45) is 5.19. The molecule has 0 aliphatic heterocycles. The summed E-state index contributed by atoms with van der Waals surface area (Å²) in [5.74, 6) is -0.947. The Labute approximate surface area is 132 Å². The topological polar surface area (TPSA) is 72.3 Å². The van der Waals surface area contributed by atoms with Gasteiger partial charge >= 0.3 is 5.97 Å². The number of nitrogens with zero attached hydrogens (tertiary/aromatic N) is 2. The van der Waals surface area contributed by atoms with Crippen molar-refractivity contribution < 1.29 is 19.0 Å². The molecule has 1 heterocycles. The van der Waals surface area contributed by atoms with Crippen molar-refractivity contribution >= 4 is 17.1 Å². The van der Waals surface area contributed by atoms with Crippen LogP contribution in [0.25, 0.3) is 11.1 Å². The number of hydrogen-bond donors (Lipinski definition) is 1. The smallest absolute Gasteiger partial charge is 0.358 e. The van der Waals surface area contributed by atoms with E-state index in [9.17, 15) is 14.3 Å². The second-order valence-corrected chi connectivity index (χ2v) is 5.25. The number of phenols is 1. The lowest BCUT2D eigenvalue weighted by Gasteiger charge is -2.10. The summed E-state index contributed by atoms with van der Waals surface area (Å²) in [5.41, 5.74) is 2.82. The average molecular weight is 314 g/mol. The van der Waals surface area contributed by atoms with Crippen LogP contribution >= 0.6 is 0 Å². The van der Waals surface area contributed by atoms with Gasteiger partial charge in [0.15, 0.2) is 5.69 Å². The van der Waals surface area contributed by atoms with Crippen LogP contribution in [-0.2, 0) is 4.74 Å². The number of carbonyl (C=O) groups is 1. The van der Waals surface area contributed by atoms with Gasteiger partial charge in [-0.3, -0.25) is 4.98 Å². The molecule has 3 rings (SSSR count). The number of benzene rings is 1. The first-order chi connectivity index (χ1) is 11.1. The fourth-order valence-electron chi connectivity index (χ4n) is 2.79. The zero-order valence-corrected chi connectivity index (χ0v) is 12.5. The number of aromatic hydroxyl groups is 1. The first-order valence-electron chi connectivity index (χ1n) is 7.22. The van der Waals surface area contributed by atoms with Crippen LogP contribution in [0.15, 0.2) is 30.6 Å². The van der Waals surface area contributed by atoms with Gasteiger partial charge in [-0.15, -0.1) is 0 Å². The van der Waals surface area contributed by atoms with Gasteiger partial charge < -0.3 is 9.84 Å². The SMILES string of the molecule is COC(=O)c1cncc(C2=C(c3cc(F)ccc3O)CCC2)n1. The molecule has 5 nitrogen and oxygen atoms in total. The minimum atomic E-state index is -0.562. The van der Waals surface area contributed by atoms with Gasteiger partial charge in [-0.25, -0.2) is 14.2 Å². The standard InChI is InChI=1S/C17H15FN2O3/c1-23-17(22)15-9-19-8-14(20-15)12-4-2-3-11(12)13-7-10(18)5-6-16(13)21/h5-9,21H,2-4H2,1H3. The van der Waals surface area contributed by atoms with Crippen molar-refractivity contribution in [3.63, 3.8) is 0 Å². The van der Waals surface area contributed by atoms with E-state index in [1.54, 1.807) is 6.20 Å². The fourth-order valence-corrected chi connectivity index (χ4v) is 2.79. The summed E-state index contributed by atoms with van der Waals surface area (Å²) in [7, 11) is 1.28. The number of carbonyl (C=O) groups excluding carboxylic acids is 1. The quantitative estimate of drug-likeness (QED) is 0.881. The second kappa shape index (κ2) is 6.16. The number of ether oxygens (including phenoxy) is 1. The minimum Gasteiger partial charge on any atom is -0.507 e. The first-order valence-corrected chi connectivity index (χ1v) is 7.22. The molecule has 23 heavy (non-hydrogen) atoms. The van der Waals surface area contributed by atoms with Crippen molar-refractivity contribution in [3.8, 4) is 5.75 Å². The van der Waals surface area contributed by atoms with Gasteiger partial charge in [0, 0.05) is 5.56 Å². The molecule has 1 aliphatic rings. The zero-order chi connectivity index (χ0) is 16.4. The molecule has 0 atom stereocenters. The van der Waals surface area contributed by atoms with Gasteiger partial charge in [0.2, 0.25) is 0 Å². The molecule has 6 heteroatoms. The predicted octanol–water partition coefficient (Wildman–Crippen LogP) is 3.20. The third-order valence-corrected chi connectivity index (χ3v) is 3.84. The third-order valence-electron chi connectivity index (χ3n) is 3.84. The van der Waals surface area contributed by atoms with Gasteiger partial charge in [0.25, 0.3) is 0 Å². The Balaban J connectivity index is 2.10. The molecule has 0 fully saturated rings. The van der Waals surface area contributed by atoms with Crippen LogP contribution in [0.4, 0.5) is 4.39 Å². The largest absolute Gasteiger partial charge is 0.507 e. The van der Waals surface area contributed by atoms with Crippen LogP contribution in [0.1, 0.15) is 41.0 Å². The van der Waals surface area contributed by atoms with Crippen molar-refractivity contribution in [2.45, 2.75) is 19.3 Å². The Kier molecular flexibility index (Phi) is 4.06. The average Bonchev–Trinajstić information content (AvgIpc) is 3.06. The number of aromatic nitrogens is 2. The minimum absolute atomic E-state index is 0.0258. The summed E-state index contributed by atoms with van der Waals surface area (Å²) >= 11 is 0. The van der Waals surface area contributed by atoms with Crippen molar-refractivity contribution in [2.75, 3.05) is 7.11 Å². The van der Waals surface area contributed by atoms with Crippen molar-refractivity contribution in [3.05, 3.63) is 53.4 Å². The lowest BCUT2D eigenvalue weighted by molar-refractivity contribution is 0.0593. The van der Waals surface area contributed by atoms with Crippen LogP contribution < -0.4 is 0 Å². The van der Waals surface area contributed by atoms with E-state index in [4.69, 9.17) is 0 Å². The Morgan fingerprint density at radius 1 is 1.26 bits per heavy atom. The summed E-state index contributed by atoms with van der Waals surface area (Å²) < 4.78 is 18.2. The van der Waals surface area contributed by atoms with Crippen LogP contribution in [0.3, 0.4) is 0 Å². The summed E-state index contributed by atoms with van der Waals surface area (Å²) in [6.45, 7) is 0. The summed E-state index contributed by atoms with van der Waals surface area (Å²) in [6, 6.07) is 3.86. The Hall–Kier alpha value is -2.76. The number of esters is 1. The number of rotatable bonds is 3. The van der Waals surface area contributed by atoms with Crippen molar-refractivity contribution in [1.82, 2.24) is 9.97 Å². The van der Waals surface area contributed by atoms with E-state index in [2.05, 4.69) is 14.7 Å². The predicted molar refractivity (Wildman–Crippen MR) is 82.1 cm³/mol. The molecule has 1 aliphatic carbocycles. The Morgan fingerprint density at radius 2 is 2.04 bits per heavy atom. The van der Waals surface area contributed by atoms with E-state index in [0.29, 0.717) is 17.7 Å². The van der Waals surface area contributed by atoms with E-state index >= 15 is 0 Å². The monoisotopic (exact) mass is 314 g/mol. The molecule has 1 aromatic carbocycles. The Bertz CT molecular complexity index is 802. The normalized spacial score (nSPS) is 14.2.